The fourth-order valence-electron chi connectivity index (χ4n) is 3.71. The van der Waals surface area contributed by atoms with Crippen LogP contribution < -0.4 is 0 Å². The average Bonchev–Trinajstić information content (AvgIpc) is 2.99. The average molecular weight is 643 g/mol. The van der Waals surface area contributed by atoms with Gasteiger partial charge in [0.25, 0.3) is 0 Å². The van der Waals surface area contributed by atoms with E-state index in [1.165, 1.54) is 0 Å². The molecule has 0 fully saturated rings. The van der Waals surface area contributed by atoms with E-state index in [0.29, 0.717) is 119 Å². The quantitative estimate of drug-likeness (QED) is 0.0767. The summed E-state index contributed by atoms with van der Waals surface area (Å²) in [6, 6.07) is 0. The van der Waals surface area contributed by atoms with E-state index < -0.39 is 22.8 Å². The second kappa shape index (κ2) is 29.0. The molecule has 262 valence electrons. The Hall–Kier alpha value is -1.46. The van der Waals surface area contributed by atoms with Crippen LogP contribution in [0.15, 0.2) is 0 Å². The van der Waals surface area contributed by atoms with Crippen molar-refractivity contribution < 1.29 is 67.2 Å². The maximum atomic E-state index is 12.4. The number of carbonyl (C=O) groups excluding carboxylic acids is 1. The Labute approximate surface area is 262 Å². The van der Waals surface area contributed by atoms with E-state index in [2.05, 4.69) is 0 Å². The maximum Gasteiger partial charge on any atom is 0.311 e. The zero-order chi connectivity index (χ0) is 32.8. The first kappa shape index (κ1) is 42.5. The molecule has 0 rings (SSSR count). The van der Waals surface area contributed by atoms with Crippen LogP contribution in [0, 0.1) is 10.8 Å². The van der Waals surface area contributed by atoms with Gasteiger partial charge in [-0.05, 0) is 33.6 Å². The number of hydrogen-bond acceptors (Lipinski definition) is 13. The van der Waals surface area contributed by atoms with E-state index in [-0.39, 0.29) is 26.2 Å². The molecule has 0 aliphatic heterocycles. The molecule has 0 aromatic carbocycles. The van der Waals surface area contributed by atoms with Crippen molar-refractivity contribution in [1.29, 1.82) is 0 Å². The van der Waals surface area contributed by atoms with Crippen molar-refractivity contribution in [1.82, 2.24) is 0 Å². The lowest BCUT2D eigenvalue weighted by molar-refractivity contribution is -0.161. The maximum absolute atomic E-state index is 12.4. The van der Waals surface area contributed by atoms with Crippen molar-refractivity contribution in [3.8, 4) is 0 Å². The summed E-state index contributed by atoms with van der Waals surface area (Å²) >= 11 is 0. The molecule has 0 bridgehead atoms. The van der Waals surface area contributed by atoms with Crippen molar-refractivity contribution in [3.05, 3.63) is 0 Å². The highest BCUT2D eigenvalue weighted by molar-refractivity contribution is 5.79. The third-order valence-corrected chi connectivity index (χ3v) is 6.35. The second-order valence-electron chi connectivity index (χ2n) is 10.7. The Morgan fingerprint density at radius 1 is 0.500 bits per heavy atom. The molecule has 0 saturated heterocycles. The van der Waals surface area contributed by atoms with Crippen LogP contribution >= 0.6 is 0 Å². The molecule has 44 heavy (non-hydrogen) atoms. The molecule has 1 atom stereocenters. The van der Waals surface area contributed by atoms with Crippen molar-refractivity contribution in [2.24, 2.45) is 10.8 Å². The van der Waals surface area contributed by atoms with Gasteiger partial charge in [0.05, 0.1) is 136 Å². The minimum atomic E-state index is -0.979. The van der Waals surface area contributed by atoms with Gasteiger partial charge in [0.1, 0.15) is 6.61 Å². The van der Waals surface area contributed by atoms with Gasteiger partial charge in [-0.25, -0.2) is 0 Å². The van der Waals surface area contributed by atoms with Gasteiger partial charge < -0.3 is 57.6 Å². The first-order valence-corrected chi connectivity index (χ1v) is 15.4. The van der Waals surface area contributed by atoms with E-state index in [4.69, 9.17) is 52.5 Å². The molecule has 2 N–H and O–H groups in total. The van der Waals surface area contributed by atoms with Gasteiger partial charge in [-0.1, -0.05) is 6.92 Å². The van der Waals surface area contributed by atoms with Crippen LogP contribution in [0.1, 0.15) is 40.5 Å². The molecular weight excluding hydrogens is 584 g/mol. The monoisotopic (exact) mass is 642 g/mol. The highest BCUT2D eigenvalue weighted by Crippen LogP contribution is 2.37. The summed E-state index contributed by atoms with van der Waals surface area (Å²) in [5.74, 6) is -1.35. The fourth-order valence-corrected chi connectivity index (χ4v) is 3.71. The van der Waals surface area contributed by atoms with Crippen LogP contribution in [0.3, 0.4) is 0 Å². The van der Waals surface area contributed by atoms with Gasteiger partial charge >= 0.3 is 11.9 Å². The summed E-state index contributed by atoms with van der Waals surface area (Å²) in [7, 11) is 0. The van der Waals surface area contributed by atoms with E-state index in [9.17, 15) is 14.7 Å². The first-order chi connectivity index (χ1) is 21.2. The molecule has 0 aliphatic carbocycles. The normalized spacial score (nSPS) is 13.2. The minimum absolute atomic E-state index is 0.0160. The van der Waals surface area contributed by atoms with Crippen LogP contribution in [-0.2, 0) is 57.0 Å². The Morgan fingerprint density at radius 3 is 1.02 bits per heavy atom. The van der Waals surface area contributed by atoms with E-state index in [1.54, 1.807) is 27.7 Å². The highest BCUT2D eigenvalue weighted by Gasteiger charge is 2.41. The zero-order valence-corrected chi connectivity index (χ0v) is 27.3. The van der Waals surface area contributed by atoms with Crippen LogP contribution in [-0.4, -0.2) is 154 Å². The highest BCUT2D eigenvalue weighted by atomic mass is 16.6. The molecule has 0 heterocycles. The van der Waals surface area contributed by atoms with E-state index in [1.807, 2.05) is 0 Å². The molecule has 0 aliphatic rings. The van der Waals surface area contributed by atoms with Gasteiger partial charge in [-0.3, -0.25) is 9.59 Å². The lowest BCUT2D eigenvalue weighted by atomic mass is 9.72. The minimum Gasteiger partial charge on any atom is -0.481 e. The largest absolute Gasteiger partial charge is 0.481 e. The Bertz CT molecular complexity index is 678. The number of carboxylic acid groups (broad SMARTS) is 1. The van der Waals surface area contributed by atoms with Gasteiger partial charge in [0, 0.05) is 0 Å². The summed E-state index contributed by atoms with van der Waals surface area (Å²) in [5.41, 5.74) is -1.89. The van der Waals surface area contributed by atoms with Crippen LogP contribution in [0.5, 0.6) is 0 Å². The van der Waals surface area contributed by atoms with Crippen molar-refractivity contribution in [3.63, 3.8) is 0 Å². The molecular formula is C30H58O14. The number of hydrogen-bond donors (Lipinski definition) is 2. The molecule has 0 amide bonds. The molecule has 0 aromatic rings. The van der Waals surface area contributed by atoms with E-state index in [0.717, 1.165) is 0 Å². The number of esters is 1. The topological polar surface area (TPSA) is 167 Å². The molecule has 14 heteroatoms. The van der Waals surface area contributed by atoms with Crippen LogP contribution in [0.25, 0.3) is 0 Å². The Morgan fingerprint density at radius 2 is 0.773 bits per heavy atom. The standard InChI is InChI=1S/C30H58O14/c1-5-30(4,27(32)33)26-29(2,3)28(34)44-25-24-43-23-22-42-21-20-41-19-18-40-17-16-39-15-14-38-13-12-37-11-10-36-9-8-35-7-6-31/h31H,5-26H2,1-4H3,(H,32,33). The number of aliphatic carboxylic acids is 1. The summed E-state index contributed by atoms with van der Waals surface area (Å²) in [4.78, 5) is 23.9. The predicted molar refractivity (Wildman–Crippen MR) is 160 cm³/mol. The molecule has 0 saturated carbocycles. The zero-order valence-electron chi connectivity index (χ0n) is 27.3. The molecule has 0 spiro atoms. The summed E-state index contributed by atoms with van der Waals surface area (Å²) < 4.78 is 53.7. The number of aliphatic hydroxyl groups is 1. The lowest BCUT2D eigenvalue weighted by Crippen LogP contribution is -2.37. The Balaban J connectivity index is 3.34. The van der Waals surface area contributed by atoms with Crippen molar-refractivity contribution in [2.75, 3.05) is 132 Å². The molecule has 14 nitrogen and oxygen atoms in total. The fraction of sp³-hybridized carbons (Fsp3) is 0.933. The number of ether oxygens (including phenoxy) is 10. The smallest absolute Gasteiger partial charge is 0.311 e. The first-order valence-electron chi connectivity index (χ1n) is 15.4. The van der Waals surface area contributed by atoms with E-state index >= 15 is 0 Å². The third-order valence-electron chi connectivity index (χ3n) is 6.35. The molecule has 0 aromatic heterocycles. The number of rotatable bonds is 34. The Kier molecular flexibility index (Phi) is 28.0. The lowest BCUT2D eigenvalue weighted by Gasteiger charge is -2.32. The summed E-state index contributed by atoms with van der Waals surface area (Å²) in [6.07, 6.45) is 0.622. The number of carbonyl (C=O) groups is 2. The second-order valence-corrected chi connectivity index (χ2v) is 10.7. The number of aliphatic hydroxyl groups excluding tert-OH is 1. The molecule has 0 radical (unpaired) electrons. The SMILES string of the molecule is CCC(C)(CC(C)(C)C(=O)OCCOCCOCCOCCOCCOCCOCCOCCOCCOCCO)C(=O)O. The van der Waals surface area contributed by atoms with Crippen LogP contribution in [0.4, 0.5) is 0 Å². The third kappa shape index (κ3) is 24.8. The van der Waals surface area contributed by atoms with Crippen LogP contribution in [0.2, 0.25) is 0 Å². The van der Waals surface area contributed by atoms with Gasteiger partial charge in [0.15, 0.2) is 0 Å². The van der Waals surface area contributed by atoms with Gasteiger partial charge in [0.2, 0.25) is 0 Å². The summed E-state index contributed by atoms with van der Waals surface area (Å²) in [6.45, 7) is 14.8. The van der Waals surface area contributed by atoms with Gasteiger partial charge in [-0.15, -0.1) is 0 Å². The summed E-state index contributed by atoms with van der Waals surface area (Å²) in [5, 5.41) is 18.0. The number of carboxylic acids is 1. The van der Waals surface area contributed by atoms with Crippen molar-refractivity contribution in [2.45, 2.75) is 40.5 Å². The van der Waals surface area contributed by atoms with Crippen molar-refractivity contribution >= 4 is 11.9 Å². The molecule has 1 unspecified atom stereocenters. The van der Waals surface area contributed by atoms with Gasteiger partial charge in [-0.2, -0.15) is 0 Å². The predicted octanol–water partition coefficient (Wildman–Crippen LogP) is 1.59.